The Kier molecular flexibility index (Phi) is 10.9. The van der Waals surface area contributed by atoms with Crippen LogP contribution in [-0.4, -0.2) is 29.9 Å². The average Bonchev–Trinajstić information content (AvgIpc) is 2.75. The minimum atomic E-state index is -0.269. The minimum absolute atomic E-state index is 0.00505. The summed E-state index contributed by atoms with van der Waals surface area (Å²) in [6.07, 6.45) is 4.90. The summed E-state index contributed by atoms with van der Waals surface area (Å²) < 4.78 is 5.16. The van der Waals surface area contributed by atoms with Gasteiger partial charge < -0.3 is 4.74 Å². The van der Waals surface area contributed by atoms with Gasteiger partial charge in [-0.25, -0.2) is 0 Å². The van der Waals surface area contributed by atoms with Crippen LogP contribution in [0.2, 0.25) is 0 Å². The molecule has 0 spiro atoms. The smallest absolute Gasteiger partial charge is 0.310 e. The fourth-order valence-corrected chi connectivity index (χ4v) is 5.95. The third-order valence-corrected chi connectivity index (χ3v) is 7.49. The van der Waals surface area contributed by atoms with Gasteiger partial charge in [0.1, 0.15) is 11.6 Å². The summed E-state index contributed by atoms with van der Waals surface area (Å²) in [6.45, 7) is 14.0. The number of fused-ring (bicyclic) bond motifs is 1. The maximum Gasteiger partial charge on any atom is 0.310 e. The van der Waals surface area contributed by atoms with Crippen molar-refractivity contribution in [1.29, 1.82) is 0 Å². The van der Waals surface area contributed by atoms with Gasteiger partial charge in [-0.3, -0.25) is 19.2 Å². The van der Waals surface area contributed by atoms with Gasteiger partial charge in [0.25, 0.3) is 0 Å². The number of rotatable bonds is 13. The second-order valence-corrected chi connectivity index (χ2v) is 10.6. The quantitative estimate of drug-likeness (QED) is 0.241. The van der Waals surface area contributed by atoms with Crippen LogP contribution in [0.15, 0.2) is 6.07 Å². The monoisotopic (exact) mass is 484 g/mol. The predicted octanol–water partition coefficient (Wildman–Crippen LogP) is 6.35. The molecule has 3 atom stereocenters. The lowest BCUT2D eigenvalue weighted by atomic mass is 9.70. The summed E-state index contributed by atoms with van der Waals surface area (Å²) in [5, 5.41) is 0. The first-order chi connectivity index (χ1) is 16.5. The van der Waals surface area contributed by atoms with Gasteiger partial charge in [-0.2, -0.15) is 0 Å². The van der Waals surface area contributed by atoms with Gasteiger partial charge >= 0.3 is 5.97 Å². The lowest BCUT2D eigenvalue weighted by Crippen LogP contribution is -2.30. The van der Waals surface area contributed by atoms with E-state index in [0.717, 1.165) is 59.9 Å². The second kappa shape index (κ2) is 13.1. The van der Waals surface area contributed by atoms with Crippen molar-refractivity contribution in [3.8, 4) is 0 Å². The Hall–Kier alpha value is -2.30. The molecule has 0 amide bonds. The van der Waals surface area contributed by atoms with Crippen molar-refractivity contribution >= 4 is 23.3 Å². The van der Waals surface area contributed by atoms with Crippen LogP contribution in [-0.2, 0) is 32.0 Å². The maximum absolute atomic E-state index is 13.5. The number of ether oxygens (including phenoxy) is 1. The highest BCUT2D eigenvalue weighted by Crippen LogP contribution is 2.40. The maximum atomic E-state index is 13.5. The van der Waals surface area contributed by atoms with E-state index < -0.39 is 0 Å². The first kappa shape index (κ1) is 28.9. The third-order valence-electron chi connectivity index (χ3n) is 7.49. The number of Topliss-reactive ketones (excluding diaryl/α,β-unsaturated/α-hetero) is 3. The molecule has 0 saturated heterocycles. The molecule has 0 N–H and O–H groups in total. The Labute approximate surface area is 211 Å². The zero-order valence-electron chi connectivity index (χ0n) is 22.8. The van der Waals surface area contributed by atoms with E-state index in [-0.39, 0.29) is 59.8 Å². The first-order valence-electron chi connectivity index (χ1n) is 13.4. The number of hydrogen-bond donors (Lipinski definition) is 0. The Balaban J connectivity index is 2.38. The number of esters is 1. The molecule has 194 valence electrons. The molecule has 1 aromatic carbocycles. The largest absolute Gasteiger partial charge is 0.466 e. The Morgan fingerprint density at radius 2 is 1.80 bits per heavy atom. The van der Waals surface area contributed by atoms with Gasteiger partial charge in [0.2, 0.25) is 0 Å². The topological polar surface area (TPSA) is 77.5 Å². The van der Waals surface area contributed by atoms with Crippen LogP contribution in [0.3, 0.4) is 0 Å². The number of benzene rings is 1. The van der Waals surface area contributed by atoms with E-state index in [0.29, 0.717) is 13.0 Å². The van der Waals surface area contributed by atoms with E-state index in [2.05, 4.69) is 26.8 Å². The molecule has 0 saturated carbocycles. The van der Waals surface area contributed by atoms with E-state index in [1.165, 1.54) is 6.92 Å². The van der Waals surface area contributed by atoms with Crippen LogP contribution in [0.25, 0.3) is 0 Å². The zero-order valence-corrected chi connectivity index (χ0v) is 22.8. The van der Waals surface area contributed by atoms with Crippen molar-refractivity contribution in [3.63, 3.8) is 0 Å². The van der Waals surface area contributed by atoms with E-state index in [1.807, 2.05) is 13.8 Å². The van der Waals surface area contributed by atoms with Crippen LogP contribution < -0.4 is 0 Å². The van der Waals surface area contributed by atoms with Crippen LogP contribution in [0, 0.1) is 24.7 Å². The predicted molar refractivity (Wildman–Crippen MR) is 139 cm³/mol. The molecule has 0 fully saturated rings. The van der Waals surface area contributed by atoms with E-state index in [9.17, 15) is 19.2 Å². The van der Waals surface area contributed by atoms with Crippen molar-refractivity contribution in [1.82, 2.24) is 0 Å². The van der Waals surface area contributed by atoms with Gasteiger partial charge in [-0.1, -0.05) is 46.6 Å². The summed E-state index contributed by atoms with van der Waals surface area (Å²) in [4.78, 5) is 50.1. The van der Waals surface area contributed by atoms with Crippen molar-refractivity contribution in [3.05, 3.63) is 33.9 Å². The normalized spacial score (nSPS) is 17.1. The highest BCUT2D eigenvalue weighted by molar-refractivity contribution is 6.01. The highest BCUT2D eigenvalue weighted by Gasteiger charge is 2.34. The van der Waals surface area contributed by atoms with Crippen molar-refractivity contribution in [2.45, 2.75) is 106 Å². The van der Waals surface area contributed by atoms with Crippen molar-refractivity contribution in [2.75, 3.05) is 6.61 Å². The number of hydrogen-bond acceptors (Lipinski definition) is 5. The molecule has 1 aliphatic rings. The van der Waals surface area contributed by atoms with Crippen LogP contribution in [0.5, 0.6) is 0 Å². The molecule has 3 unspecified atom stereocenters. The van der Waals surface area contributed by atoms with Crippen LogP contribution >= 0.6 is 0 Å². The standard InChI is InChI=1S/C30H44O5/c1-8-11-22(24(9-2)27(32)12-19(6)31)13-21-14-26-25(18(4)5)16-23(17-29(34)35-10-3)20(7)30(26)28(33)15-21/h16,18,21-22,24H,8-15,17H2,1-7H3. The molecular formula is C30H44O5. The molecule has 0 radical (unpaired) electrons. The summed E-state index contributed by atoms with van der Waals surface area (Å²) in [7, 11) is 0. The Morgan fingerprint density at radius 1 is 1.11 bits per heavy atom. The van der Waals surface area contributed by atoms with E-state index in [4.69, 9.17) is 4.74 Å². The lowest BCUT2D eigenvalue weighted by Gasteiger charge is -2.33. The van der Waals surface area contributed by atoms with Gasteiger partial charge in [0, 0.05) is 17.9 Å². The SMILES string of the molecule is CCCC(CC1CC(=O)c2c(C)c(CC(=O)OCC)cc(C(C)C)c2C1)C(CC)C(=O)CC(C)=O. The van der Waals surface area contributed by atoms with Gasteiger partial charge in [0.15, 0.2) is 5.78 Å². The van der Waals surface area contributed by atoms with Crippen molar-refractivity contribution < 1.29 is 23.9 Å². The molecule has 0 heterocycles. The van der Waals surface area contributed by atoms with Gasteiger partial charge in [-0.15, -0.1) is 0 Å². The number of carbonyl (C=O) groups excluding carboxylic acids is 4. The average molecular weight is 485 g/mol. The molecule has 5 nitrogen and oxygen atoms in total. The summed E-state index contributed by atoms with van der Waals surface area (Å²) >= 11 is 0. The first-order valence-corrected chi connectivity index (χ1v) is 13.4. The van der Waals surface area contributed by atoms with Gasteiger partial charge in [-0.05, 0) is 80.0 Å². The molecule has 0 bridgehead atoms. The Bertz CT molecular complexity index is 943. The summed E-state index contributed by atoms with van der Waals surface area (Å²) in [6, 6.07) is 2.10. The van der Waals surface area contributed by atoms with E-state index in [1.54, 1.807) is 6.92 Å². The van der Waals surface area contributed by atoms with Crippen molar-refractivity contribution in [2.24, 2.45) is 17.8 Å². The summed E-state index contributed by atoms with van der Waals surface area (Å²) in [5.74, 6) is 0.289. The molecule has 0 aliphatic heterocycles. The Morgan fingerprint density at radius 3 is 2.34 bits per heavy atom. The molecule has 5 heteroatoms. The highest BCUT2D eigenvalue weighted by atomic mass is 16.5. The zero-order chi connectivity index (χ0) is 26.3. The van der Waals surface area contributed by atoms with Crippen LogP contribution in [0.4, 0.5) is 0 Å². The fraction of sp³-hybridized carbons (Fsp3) is 0.667. The molecule has 1 aliphatic carbocycles. The molecule has 35 heavy (non-hydrogen) atoms. The molecule has 2 rings (SSSR count). The molecule has 0 aromatic heterocycles. The molecule has 1 aromatic rings. The fourth-order valence-electron chi connectivity index (χ4n) is 5.95. The lowest BCUT2D eigenvalue weighted by molar-refractivity contribution is -0.142. The van der Waals surface area contributed by atoms with E-state index >= 15 is 0 Å². The third kappa shape index (κ3) is 7.35. The minimum Gasteiger partial charge on any atom is -0.466 e. The molecular weight excluding hydrogens is 440 g/mol. The van der Waals surface area contributed by atoms with Gasteiger partial charge in [0.05, 0.1) is 19.4 Å². The number of carbonyl (C=O) groups is 4. The summed E-state index contributed by atoms with van der Waals surface area (Å²) in [5.41, 5.74) is 4.81. The second-order valence-electron chi connectivity index (χ2n) is 10.6. The number of ketones is 3. The van der Waals surface area contributed by atoms with Crippen LogP contribution in [0.1, 0.15) is 119 Å².